The Balaban J connectivity index is 1.37. The van der Waals surface area contributed by atoms with Gasteiger partial charge < -0.3 is 14.5 Å². The summed E-state index contributed by atoms with van der Waals surface area (Å²) in [6.07, 6.45) is -13.2. The average Bonchev–Trinajstić information content (AvgIpc) is 3.26. The smallest absolute Gasteiger partial charge is 0.426 e. The van der Waals surface area contributed by atoms with Gasteiger partial charge in [0.1, 0.15) is 0 Å². The van der Waals surface area contributed by atoms with Crippen molar-refractivity contribution in [2.75, 3.05) is 57.0 Å². The highest BCUT2D eigenvalue weighted by Gasteiger charge is 2.60. The molecule has 0 saturated carbocycles. The second-order valence-electron chi connectivity index (χ2n) is 10.5. The first-order valence-electron chi connectivity index (χ1n) is 12.8. The van der Waals surface area contributed by atoms with E-state index in [0.717, 1.165) is 29.0 Å². The molecule has 1 spiro atoms. The number of halogens is 7. The van der Waals surface area contributed by atoms with Crippen molar-refractivity contribution in [3.8, 4) is 0 Å². The van der Waals surface area contributed by atoms with Gasteiger partial charge in [0.25, 0.3) is 6.10 Å². The zero-order chi connectivity index (χ0) is 29.5. The maximum absolute atomic E-state index is 12.8. The van der Waals surface area contributed by atoms with E-state index < -0.39 is 34.6 Å². The number of carbonyl (C=O) groups excluding carboxylic acids is 1. The minimum Gasteiger partial charge on any atom is -0.426 e. The van der Waals surface area contributed by atoms with Crippen molar-refractivity contribution in [2.24, 2.45) is 0 Å². The average molecular weight is 621 g/mol. The molecule has 4 rings (SSSR count). The molecule has 0 aromatic heterocycles. The van der Waals surface area contributed by atoms with Crippen LogP contribution in [0.5, 0.6) is 0 Å². The van der Waals surface area contributed by atoms with E-state index in [1.165, 1.54) is 6.26 Å². The number of benzene rings is 1. The molecule has 1 aromatic rings. The van der Waals surface area contributed by atoms with Crippen LogP contribution in [0.4, 0.5) is 36.8 Å². The first kappa shape index (κ1) is 31.0. The number of amides is 1. The third kappa shape index (κ3) is 6.90. The predicted molar refractivity (Wildman–Crippen MR) is 136 cm³/mol. The van der Waals surface area contributed by atoms with Crippen molar-refractivity contribution in [2.45, 2.75) is 56.2 Å². The summed E-state index contributed by atoms with van der Waals surface area (Å²) < 4.78 is 107. The standard InChI is InChI=1S/C24H31ClF6N4O4S/c1-40(37,38)35-8-2-5-22(35)6-9-33(10-7-22)19-15-18(25)4-3-17(19)16-32-11-13-34(14-12-32)21(36)39-20(23(26,27)28)24(29,30)31/h3-4,15,20H,2,5-14,16H2,1H3. The molecule has 16 heteroatoms. The number of piperazine rings is 1. The number of alkyl halides is 6. The van der Waals surface area contributed by atoms with Gasteiger partial charge in [0, 0.05) is 68.6 Å². The van der Waals surface area contributed by atoms with Crippen molar-refractivity contribution in [3.63, 3.8) is 0 Å². The molecule has 0 N–H and O–H groups in total. The molecule has 0 aliphatic carbocycles. The number of ether oxygens (including phenoxy) is 1. The molecule has 0 bridgehead atoms. The SMILES string of the molecule is CS(=O)(=O)N1CCCC12CCN(c1cc(Cl)ccc1CN1CCN(C(=O)OC(C(F)(F)F)C(F)(F)F)CC1)CC2. The first-order valence-corrected chi connectivity index (χ1v) is 15.0. The van der Waals surface area contributed by atoms with E-state index in [1.807, 2.05) is 17.0 Å². The lowest BCUT2D eigenvalue weighted by atomic mass is 9.86. The Labute approximate surface area is 233 Å². The molecule has 3 heterocycles. The van der Waals surface area contributed by atoms with Crippen LogP contribution in [0.2, 0.25) is 5.02 Å². The van der Waals surface area contributed by atoms with E-state index in [1.54, 1.807) is 10.4 Å². The van der Waals surface area contributed by atoms with Gasteiger partial charge in [-0.15, -0.1) is 0 Å². The molecule has 3 aliphatic heterocycles. The van der Waals surface area contributed by atoms with Gasteiger partial charge in [0.15, 0.2) is 0 Å². The third-order valence-electron chi connectivity index (χ3n) is 7.85. The second-order valence-corrected chi connectivity index (χ2v) is 12.9. The maximum Gasteiger partial charge on any atom is 0.434 e. The van der Waals surface area contributed by atoms with Crippen LogP contribution < -0.4 is 4.90 Å². The summed E-state index contributed by atoms with van der Waals surface area (Å²) in [6, 6.07) is 5.43. The number of sulfonamides is 1. The summed E-state index contributed by atoms with van der Waals surface area (Å²) in [5.41, 5.74) is 1.41. The molecule has 0 atom stereocenters. The van der Waals surface area contributed by atoms with Gasteiger partial charge in [-0.05, 0) is 43.4 Å². The summed E-state index contributed by atoms with van der Waals surface area (Å²) in [5.74, 6) is 0. The number of nitrogens with zero attached hydrogens (tertiary/aromatic N) is 4. The van der Waals surface area contributed by atoms with Gasteiger partial charge in [-0.3, -0.25) is 4.90 Å². The van der Waals surface area contributed by atoms with Crippen molar-refractivity contribution >= 4 is 33.4 Å². The maximum atomic E-state index is 12.8. The Bertz CT molecular complexity index is 1170. The quantitative estimate of drug-likeness (QED) is 0.452. The number of anilines is 1. The van der Waals surface area contributed by atoms with Crippen LogP contribution in [-0.2, 0) is 21.3 Å². The summed E-state index contributed by atoms with van der Waals surface area (Å²) in [7, 11) is -3.32. The molecular weight excluding hydrogens is 590 g/mol. The molecule has 1 amide bonds. The normalized spacial score (nSPS) is 21.4. The molecule has 0 radical (unpaired) electrons. The topological polar surface area (TPSA) is 73.4 Å². The van der Waals surface area contributed by atoms with Crippen LogP contribution in [0.25, 0.3) is 0 Å². The molecule has 1 aromatic carbocycles. The van der Waals surface area contributed by atoms with Gasteiger partial charge in [-0.1, -0.05) is 17.7 Å². The first-order chi connectivity index (χ1) is 18.5. The Morgan fingerprint density at radius 1 is 0.975 bits per heavy atom. The van der Waals surface area contributed by atoms with E-state index in [9.17, 15) is 39.6 Å². The summed E-state index contributed by atoms with van der Waals surface area (Å²) >= 11 is 6.30. The minimum atomic E-state index is -5.77. The minimum absolute atomic E-state index is 0.0995. The second kappa shape index (κ2) is 11.4. The van der Waals surface area contributed by atoms with Gasteiger partial charge in [0.05, 0.1) is 6.26 Å². The number of hydrogen-bond donors (Lipinski definition) is 0. The number of rotatable bonds is 5. The largest absolute Gasteiger partial charge is 0.434 e. The van der Waals surface area contributed by atoms with Crippen LogP contribution in [0.15, 0.2) is 18.2 Å². The third-order valence-corrected chi connectivity index (χ3v) is 9.46. The fourth-order valence-electron chi connectivity index (χ4n) is 5.88. The van der Waals surface area contributed by atoms with Crippen LogP contribution in [0.1, 0.15) is 31.2 Å². The molecule has 3 saturated heterocycles. The van der Waals surface area contributed by atoms with Crippen LogP contribution in [0, 0.1) is 0 Å². The highest BCUT2D eigenvalue weighted by Crippen LogP contribution is 2.42. The van der Waals surface area contributed by atoms with E-state index >= 15 is 0 Å². The Hall–Kier alpha value is -1.97. The van der Waals surface area contributed by atoms with Crippen LogP contribution in [0.3, 0.4) is 0 Å². The zero-order valence-electron chi connectivity index (χ0n) is 21.8. The van der Waals surface area contributed by atoms with Crippen molar-refractivity contribution in [1.29, 1.82) is 0 Å². The van der Waals surface area contributed by atoms with Gasteiger partial charge >= 0.3 is 18.4 Å². The molecule has 3 aliphatic rings. The molecule has 3 fully saturated rings. The van der Waals surface area contributed by atoms with E-state index in [2.05, 4.69) is 9.64 Å². The molecule has 0 unspecified atom stereocenters. The molecule has 40 heavy (non-hydrogen) atoms. The van der Waals surface area contributed by atoms with Crippen molar-refractivity contribution in [1.82, 2.24) is 14.1 Å². The lowest BCUT2D eigenvalue weighted by Gasteiger charge is -2.45. The van der Waals surface area contributed by atoms with Gasteiger partial charge in [0.2, 0.25) is 10.0 Å². The van der Waals surface area contributed by atoms with Gasteiger partial charge in [-0.2, -0.15) is 30.6 Å². The highest BCUT2D eigenvalue weighted by molar-refractivity contribution is 7.88. The fraction of sp³-hybridized carbons (Fsp3) is 0.708. The number of carbonyl (C=O) groups is 1. The Morgan fingerprint density at radius 3 is 2.12 bits per heavy atom. The monoisotopic (exact) mass is 620 g/mol. The summed E-state index contributed by atoms with van der Waals surface area (Å²) in [5, 5.41) is 0.522. The highest BCUT2D eigenvalue weighted by atomic mass is 35.5. The van der Waals surface area contributed by atoms with Crippen LogP contribution >= 0.6 is 11.6 Å². The van der Waals surface area contributed by atoms with E-state index in [-0.39, 0.29) is 31.7 Å². The Kier molecular flexibility index (Phi) is 8.80. The summed E-state index contributed by atoms with van der Waals surface area (Å²) in [4.78, 5) is 17.0. The fourth-order valence-corrected chi connectivity index (χ4v) is 7.49. The lowest BCUT2D eigenvalue weighted by Crippen LogP contribution is -2.54. The van der Waals surface area contributed by atoms with E-state index in [4.69, 9.17) is 11.6 Å². The Morgan fingerprint density at radius 2 is 1.57 bits per heavy atom. The van der Waals surface area contributed by atoms with E-state index in [0.29, 0.717) is 44.0 Å². The lowest BCUT2D eigenvalue weighted by molar-refractivity contribution is -0.308. The number of piperidine rings is 1. The van der Waals surface area contributed by atoms with Crippen molar-refractivity contribution < 1.29 is 44.3 Å². The molecular formula is C24H31ClF6N4O4S. The molecule has 226 valence electrons. The predicted octanol–water partition coefficient (Wildman–Crippen LogP) is 4.48. The molecule has 8 nitrogen and oxygen atoms in total. The number of hydrogen-bond acceptors (Lipinski definition) is 6. The van der Waals surface area contributed by atoms with Crippen molar-refractivity contribution in [3.05, 3.63) is 28.8 Å². The summed E-state index contributed by atoms with van der Waals surface area (Å²) in [6.45, 7) is 2.42. The van der Waals surface area contributed by atoms with Crippen LogP contribution in [-0.4, -0.2) is 105 Å². The zero-order valence-corrected chi connectivity index (χ0v) is 23.3. The van der Waals surface area contributed by atoms with Gasteiger partial charge in [-0.25, -0.2) is 13.2 Å².